The number of likely N-dealkylation sites (tertiary alicyclic amines) is 1. The van der Waals surface area contributed by atoms with Crippen LogP contribution in [0.3, 0.4) is 0 Å². The summed E-state index contributed by atoms with van der Waals surface area (Å²) in [5.74, 6) is -0.787. The molecular weight excluding hydrogens is 328 g/mol. The zero-order chi connectivity index (χ0) is 18.2. The summed E-state index contributed by atoms with van der Waals surface area (Å²) in [5.41, 5.74) is 1.84. The molecular formula is C20H24N4O2. The third kappa shape index (κ3) is 5.39. The van der Waals surface area contributed by atoms with Crippen LogP contribution in [0.15, 0.2) is 54.9 Å². The Balaban J connectivity index is 1.36. The number of anilines is 1. The normalized spacial score (nSPS) is 15.4. The van der Waals surface area contributed by atoms with Gasteiger partial charge in [0.15, 0.2) is 0 Å². The van der Waals surface area contributed by atoms with Gasteiger partial charge in [-0.3, -0.25) is 19.5 Å². The number of rotatable bonds is 5. The number of piperidine rings is 1. The number of hydrogen-bond donors (Lipinski definition) is 2. The van der Waals surface area contributed by atoms with Crippen LogP contribution in [-0.4, -0.2) is 41.3 Å². The van der Waals surface area contributed by atoms with Crippen molar-refractivity contribution in [2.75, 3.05) is 25.0 Å². The molecule has 0 spiro atoms. The van der Waals surface area contributed by atoms with E-state index < -0.39 is 11.8 Å². The summed E-state index contributed by atoms with van der Waals surface area (Å²) >= 11 is 0. The number of para-hydroxylation sites is 1. The van der Waals surface area contributed by atoms with Gasteiger partial charge in [-0.15, -0.1) is 0 Å². The molecule has 0 saturated carbocycles. The summed E-state index contributed by atoms with van der Waals surface area (Å²) in [6.07, 6.45) is 5.71. The second-order valence-electron chi connectivity index (χ2n) is 6.61. The zero-order valence-electron chi connectivity index (χ0n) is 14.7. The summed E-state index contributed by atoms with van der Waals surface area (Å²) < 4.78 is 0. The Kier molecular flexibility index (Phi) is 6.33. The number of aromatic nitrogens is 1. The van der Waals surface area contributed by atoms with E-state index in [4.69, 9.17) is 0 Å². The van der Waals surface area contributed by atoms with Crippen molar-refractivity contribution in [2.45, 2.75) is 19.4 Å². The Hall–Kier alpha value is -2.73. The quantitative estimate of drug-likeness (QED) is 0.808. The first-order chi connectivity index (χ1) is 12.7. The summed E-state index contributed by atoms with van der Waals surface area (Å²) in [5, 5.41) is 5.36. The highest BCUT2D eigenvalue weighted by atomic mass is 16.2. The van der Waals surface area contributed by atoms with Gasteiger partial charge in [-0.05, 0) is 55.6 Å². The van der Waals surface area contributed by atoms with Gasteiger partial charge >= 0.3 is 11.8 Å². The predicted molar refractivity (Wildman–Crippen MR) is 100 cm³/mol. The van der Waals surface area contributed by atoms with Crippen LogP contribution >= 0.6 is 0 Å². The van der Waals surface area contributed by atoms with E-state index in [0.29, 0.717) is 18.2 Å². The van der Waals surface area contributed by atoms with Gasteiger partial charge in [-0.2, -0.15) is 0 Å². The number of carbonyl (C=O) groups excluding carboxylic acids is 2. The Morgan fingerprint density at radius 3 is 2.50 bits per heavy atom. The maximum absolute atomic E-state index is 12.0. The van der Waals surface area contributed by atoms with E-state index in [1.807, 2.05) is 30.5 Å². The van der Waals surface area contributed by atoms with Crippen molar-refractivity contribution in [3.05, 3.63) is 60.4 Å². The Morgan fingerprint density at radius 1 is 1.04 bits per heavy atom. The Bertz CT molecular complexity index is 713. The van der Waals surface area contributed by atoms with E-state index in [1.165, 1.54) is 5.56 Å². The van der Waals surface area contributed by atoms with Crippen LogP contribution in [0.25, 0.3) is 0 Å². The van der Waals surface area contributed by atoms with Crippen LogP contribution in [-0.2, 0) is 16.1 Å². The van der Waals surface area contributed by atoms with Gasteiger partial charge in [0.2, 0.25) is 0 Å². The minimum absolute atomic E-state index is 0.411. The zero-order valence-corrected chi connectivity index (χ0v) is 14.7. The second kappa shape index (κ2) is 9.10. The molecule has 2 N–H and O–H groups in total. The molecule has 0 bridgehead atoms. The lowest BCUT2D eigenvalue weighted by Gasteiger charge is -2.31. The highest BCUT2D eigenvalue weighted by molar-refractivity contribution is 6.39. The first-order valence-corrected chi connectivity index (χ1v) is 8.96. The lowest BCUT2D eigenvalue weighted by molar-refractivity contribution is -0.136. The monoisotopic (exact) mass is 352 g/mol. The van der Waals surface area contributed by atoms with Gasteiger partial charge in [0.25, 0.3) is 0 Å². The number of carbonyl (C=O) groups is 2. The lowest BCUT2D eigenvalue weighted by atomic mass is 9.96. The molecule has 0 unspecified atom stereocenters. The third-order valence-electron chi connectivity index (χ3n) is 4.63. The van der Waals surface area contributed by atoms with E-state index in [2.05, 4.69) is 26.6 Å². The van der Waals surface area contributed by atoms with Crippen molar-refractivity contribution in [3.63, 3.8) is 0 Å². The smallest absolute Gasteiger partial charge is 0.313 e. The van der Waals surface area contributed by atoms with E-state index in [1.54, 1.807) is 18.3 Å². The first kappa shape index (κ1) is 18.1. The molecule has 1 aromatic heterocycles. The van der Waals surface area contributed by atoms with Gasteiger partial charge < -0.3 is 10.6 Å². The van der Waals surface area contributed by atoms with E-state index in [9.17, 15) is 9.59 Å². The fourth-order valence-corrected chi connectivity index (χ4v) is 3.13. The number of benzene rings is 1. The van der Waals surface area contributed by atoms with Gasteiger partial charge in [0.05, 0.1) is 0 Å². The molecule has 1 aromatic carbocycles. The standard InChI is InChI=1S/C20H24N4O2/c25-19(20(26)23-18-6-2-1-3-7-18)22-14-16-8-11-24(12-9-16)15-17-5-4-10-21-13-17/h1-7,10,13,16H,8-9,11-12,14-15H2,(H,22,25)(H,23,26). The number of pyridine rings is 1. The van der Waals surface area contributed by atoms with Crippen molar-refractivity contribution in [1.29, 1.82) is 0 Å². The van der Waals surface area contributed by atoms with Crippen LogP contribution in [0, 0.1) is 5.92 Å². The molecule has 1 aliphatic heterocycles. The molecule has 1 saturated heterocycles. The number of nitrogens with one attached hydrogen (secondary N) is 2. The van der Waals surface area contributed by atoms with Crippen molar-refractivity contribution >= 4 is 17.5 Å². The van der Waals surface area contributed by atoms with Crippen molar-refractivity contribution in [3.8, 4) is 0 Å². The van der Waals surface area contributed by atoms with Crippen LogP contribution in [0.4, 0.5) is 5.69 Å². The summed E-state index contributed by atoms with van der Waals surface area (Å²) in [4.78, 5) is 30.4. The van der Waals surface area contributed by atoms with E-state index in [0.717, 1.165) is 32.5 Å². The van der Waals surface area contributed by atoms with Crippen LogP contribution in [0.1, 0.15) is 18.4 Å². The molecule has 6 heteroatoms. The molecule has 1 aliphatic rings. The molecule has 0 radical (unpaired) electrons. The molecule has 136 valence electrons. The molecule has 0 atom stereocenters. The van der Waals surface area contributed by atoms with Gasteiger partial charge in [-0.25, -0.2) is 0 Å². The number of hydrogen-bond acceptors (Lipinski definition) is 4. The van der Waals surface area contributed by atoms with Gasteiger partial charge in [0, 0.05) is 31.2 Å². The van der Waals surface area contributed by atoms with E-state index >= 15 is 0 Å². The van der Waals surface area contributed by atoms with Gasteiger partial charge in [0.1, 0.15) is 0 Å². The molecule has 2 heterocycles. The Morgan fingerprint density at radius 2 is 1.81 bits per heavy atom. The van der Waals surface area contributed by atoms with E-state index in [-0.39, 0.29) is 0 Å². The fourth-order valence-electron chi connectivity index (χ4n) is 3.13. The minimum atomic E-state index is -0.620. The summed E-state index contributed by atoms with van der Waals surface area (Å²) in [7, 11) is 0. The Labute approximate surface area is 153 Å². The van der Waals surface area contributed by atoms with Crippen LogP contribution < -0.4 is 10.6 Å². The van der Waals surface area contributed by atoms with Crippen molar-refractivity contribution < 1.29 is 9.59 Å². The van der Waals surface area contributed by atoms with Crippen LogP contribution in [0.2, 0.25) is 0 Å². The van der Waals surface area contributed by atoms with Crippen molar-refractivity contribution in [2.24, 2.45) is 5.92 Å². The average Bonchev–Trinajstić information content (AvgIpc) is 2.69. The predicted octanol–water partition coefficient (Wildman–Crippen LogP) is 2.05. The second-order valence-corrected chi connectivity index (χ2v) is 6.61. The highest BCUT2D eigenvalue weighted by Gasteiger charge is 2.21. The molecule has 1 fully saturated rings. The number of amides is 2. The highest BCUT2D eigenvalue weighted by Crippen LogP contribution is 2.18. The van der Waals surface area contributed by atoms with Crippen LogP contribution in [0.5, 0.6) is 0 Å². The first-order valence-electron chi connectivity index (χ1n) is 8.96. The topological polar surface area (TPSA) is 74.3 Å². The third-order valence-corrected chi connectivity index (χ3v) is 4.63. The maximum Gasteiger partial charge on any atom is 0.313 e. The lowest BCUT2D eigenvalue weighted by Crippen LogP contribution is -2.41. The molecule has 2 amide bonds. The molecule has 6 nitrogen and oxygen atoms in total. The summed E-state index contributed by atoms with van der Waals surface area (Å²) in [6, 6.07) is 13.0. The molecule has 26 heavy (non-hydrogen) atoms. The summed E-state index contributed by atoms with van der Waals surface area (Å²) in [6.45, 7) is 3.44. The maximum atomic E-state index is 12.0. The number of nitrogens with zero attached hydrogens (tertiary/aromatic N) is 2. The molecule has 2 aromatic rings. The molecule has 3 rings (SSSR count). The largest absolute Gasteiger partial charge is 0.348 e. The van der Waals surface area contributed by atoms with Gasteiger partial charge in [-0.1, -0.05) is 24.3 Å². The minimum Gasteiger partial charge on any atom is -0.348 e. The SMILES string of the molecule is O=C(NCC1CCN(Cc2cccnc2)CC1)C(=O)Nc1ccccc1. The average molecular weight is 352 g/mol. The molecule has 0 aliphatic carbocycles. The van der Waals surface area contributed by atoms with Crippen molar-refractivity contribution in [1.82, 2.24) is 15.2 Å². The fraction of sp³-hybridized carbons (Fsp3) is 0.350.